The van der Waals surface area contributed by atoms with E-state index in [9.17, 15) is 9.59 Å². The van der Waals surface area contributed by atoms with Gasteiger partial charge in [-0.05, 0) is 6.92 Å². The van der Waals surface area contributed by atoms with Crippen LogP contribution in [0.15, 0.2) is 0 Å². The summed E-state index contributed by atoms with van der Waals surface area (Å²) in [7, 11) is 0. The Morgan fingerprint density at radius 3 is 2.73 bits per heavy atom. The van der Waals surface area contributed by atoms with E-state index in [2.05, 4.69) is 5.32 Å². The minimum atomic E-state index is -0.810. The van der Waals surface area contributed by atoms with E-state index >= 15 is 0 Å². The van der Waals surface area contributed by atoms with Crippen molar-refractivity contribution in [1.82, 2.24) is 5.32 Å². The van der Waals surface area contributed by atoms with Crippen LogP contribution in [0.1, 0.15) is 19.8 Å². The average Bonchev–Trinajstić information content (AvgIpc) is 1.86. The summed E-state index contributed by atoms with van der Waals surface area (Å²) in [6.07, 6.45) is 0.727. The molecule has 11 heavy (non-hydrogen) atoms. The van der Waals surface area contributed by atoms with Crippen LogP contribution in [0.5, 0.6) is 0 Å². The number of rotatable bonds is 1. The fourth-order valence-corrected chi connectivity index (χ4v) is 1.20. The van der Waals surface area contributed by atoms with Crippen LogP contribution >= 0.6 is 0 Å². The average molecular weight is 156 g/mol. The number of hydrogen-bond acceptors (Lipinski definition) is 3. The van der Waals surface area contributed by atoms with Gasteiger partial charge in [-0.3, -0.25) is 9.59 Å². The predicted molar refractivity (Wildman–Crippen MR) is 39.8 cm³/mol. The second-order valence-electron chi connectivity index (χ2n) is 3.09. The Morgan fingerprint density at radius 2 is 2.36 bits per heavy atom. The lowest BCUT2D eigenvalue weighted by Gasteiger charge is -2.30. The smallest absolute Gasteiger partial charge is 0.237 e. The molecular formula is C7H12N2O2. The first-order valence-electron chi connectivity index (χ1n) is 3.61. The van der Waals surface area contributed by atoms with Crippen molar-refractivity contribution >= 4 is 11.7 Å². The monoisotopic (exact) mass is 156 g/mol. The van der Waals surface area contributed by atoms with E-state index in [0.717, 1.165) is 0 Å². The van der Waals surface area contributed by atoms with Gasteiger partial charge in [0.05, 0.1) is 0 Å². The number of Topliss-reactive ketones (excluding diaryl/α,β-unsaturated/α-hetero) is 1. The molecule has 0 aromatic rings. The molecule has 1 fully saturated rings. The molecule has 0 aromatic heterocycles. The molecule has 0 radical (unpaired) electrons. The van der Waals surface area contributed by atoms with Gasteiger partial charge >= 0.3 is 0 Å². The molecule has 1 unspecified atom stereocenters. The molecule has 0 bridgehead atoms. The van der Waals surface area contributed by atoms with E-state index in [0.29, 0.717) is 13.0 Å². The number of carbonyl (C=O) groups is 2. The fraction of sp³-hybridized carbons (Fsp3) is 0.714. The summed E-state index contributed by atoms with van der Waals surface area (Å²) in [5, 5.41) is 2.93. The quantitative estimate of drug-likeness (QED) is 0.521. The molecule has 62 valence electrons. The molecule has 3 N–H and O–H groups in total. The second-order valence-corrected chi connectivity index (χ2v) is 3.09. The normalized spacial score (nSPS) is 31.9. The van der Waals surface area contributed by atoms with E-state index < -0.39 is 11.4 Å². The van der Waals surface area contributed by atoms with Gasteiger partial charge in [0.1, 0.15) is 11.3 Å². The van der Waals surface area contributed by atoms with Gasteiger partial charge in [-0.2, -0.15) is 0 Å². The first-order valence-corrected chi connectivity index (χ1v) is 3.61. The van der Waals surface area contributed by atoms with Crippen molar-refractivity contribution in [3.05, 3.63) is 0 Å². The van der Waals surface area contributed by atoms with Gasteiger partial charge in [0.2, 0.25) is 5.91 Å². The molecule has 1 amide bonds. The van der Waals surface area contributed by atoms with Crippen molar-refractivity contribution in [3.63, 3.8) is 0 Å². The number of nitrogens with two attached hydrogens (primary N) is 1. The second kappa shape index (κ2) is 2.62. The molecule has 1 heterocycles. The van der Waals surface area contributed by atoms with Gasteiger partial charge in [-0.1, -0.05) is 0 Å². The molecule has 0 aromatic carbocycles. The third-order valence-corrected chi connectivity index (χ3v) is 2.01. The lowest BCUT2D eigenvalue weighted by Crippen LogP contribution is -2.57. The highest BCUT2D eigenvalue weighted by Gasteiger charge is 2.35. The maximum Gasteiger partial charge on any atom is 0.237 e. The first kappa shape index (κ1) is 8.20. The van der Waals surface area contributed by atoms with Gasteiger partial charge in [-0.25, -0.2) is 0 Å². The summed E-state index contributed by atoms with van der Waals surface area (Å²) >= 11 is 0. The van der Waals surface area contributed by atoms with Crippen LogP contribution in [0.25, 0.3) is 0 Å². The van der Waals surface area contributed by atoms with Gasteiger partial charge < -0.3 is 11.1 Å². The minimum absolute atomic E-state index is 0.102. The molecule has 1 saturated heterocycles. The number of hydrogen-bond donors (Lipinski definition) is 2. The lowest BCUT2D eigenvalue weighted by atomic mass is 9.89. The van der Waals surface area contributed by atoms with Crippen molar-refractivity contribution in [1.29, 1.82) is 0 Å². The van der Waals surface area contributed by atoms with Crippen LogP contribution in [-0.2, 0) is 9.59 Å². The molecule has 0 aliphatic carbocycles. The summed E-state index contributed by atoms with van der Waals surface area (Å²) in [5.74, 6) is -0.351. The Balaban J connectivity index is 2.70. The van der Waals surface area contributed by atoms with Crippen LogP contribution in [-0.4, -0.2) is 23.8 Å². The zero-order valence-corrected chi connectivity index (χ0v) is 6.52. The molecule has 1 rings (SSSR count). The predicted octanol–water partition coefficient (Wildman–Crippen LogP) is -0.817. The molecule has 1 aliphatic heterocycles. The molecule has 1 aliphatic rings. The molecule has 0 saturated carbocycles. The molecular weight excluding hydrogens is 144 g/mol. The molecule has 1 atom stereocenters. The van der Waals surface area contributed by atoms with E-state index in [1.165, 1.54) is 0 Å². The Kier molecular flexibility index (Phi) is 1.95. The largest absolute Gasteiger partial charge is 0.368 e. The molecule has 4 nitrogen and oxygen atoms in total. The zero-order chi connectivity index (χ0) is 8.48. The number of primary amides is 1. The topological polar surface area (TPSA) is 72.2 Å². The maximum absolute atomic E-state index is 10.9. The number of amides is 1. The summed E-state index contributed by atoms with van der Waals surface area (Å²) < 4.78 is 0. The lowest BCUT2D eigenvalue weighted by molar-refractivity contribution is -0.131. The van der Waals surface area contributed by atoms with Crippen molar-refractivity contribution < 1.29 is 9.59 Å². The van der Waals surface area contributed by atoms with Crippen LogP contribution < -0.4 is 11.1 Å². The number of ketones is 1. The van der Waals surface area contributed by atoms with Crippen molar-refractivity contribution in [2.45, 2.75) is 25.3 Å². The SMILES string of the molecule is CC1(C(N)=O)CC(=O)CCN1. The van der Waals surface area contributed by atoms with Crippen LogP contribution in [0, 0.1) is 0 Å². The maximum atomic E-state index is 10.9. The fourth-order valence-electron chi connectivity index (χ4n) is 1.20. The van der Waals surface area contributed by atoms with E-state index in [1.807, 2.05) is 0 Å². The van der Waals surface area contributed by atoms with Gasteiger partial charge in [0.25, 0.3) is 0 Å². The highest BCUT2D eigenvalue weighted by atomic mass is 16.2. The third-order valence-electron chi connectivity index (χ3n) is 2.01. The van der Waals surface area contributed by atoms with Crippen LogP contribution in [0.2, 0.25) is 0 Å². The summed E-state index contributed by atoms with van der Waals surface area (Å²) in [4.78, 5) is 21.8. The third kappa shape index (κ3) is 1.57. The van der Waals surface area contributed by atoms with Crippen molar-refractivity contribution in [3.8, 4) is 0 Å². The Labute approximate surface area is 65.1 Å². The Morgan fingerprint density at radius 1 is 1.73 bits per heavy atom. The van der Waals surface area contributed by atoms with Gasteiger partial charge in [0, 0.05) is 19.4 Å². The molecule has 4 heteroatoms. The zero-order valence-electron chi connectivity index (χ0n) is 6.52. The Hall–Kier alpha value is -0.900. The highest BCUT2D eigenvalue weighted by Crippen LogP contribution is 2.14. The van der Waals surface area contributed by atoms with E-state index in [4.69, 9.17) is 5.73 Å². The number of nitrogens with one attached hydrogen (secondary N) is 1. The van der Waals surface area contributed by atoms with Crippen LogP contribution in [0.3, 0.4) is 0 Å². The van der Waals surface area contributed by atoms with Crippen LogP contribution in [0.4, 0.5) is 0 Å². The summed E-state index contributed by atoms with van der Waals surface area (Å²) in [6.45, 7) is 2.21. The standard InChI is InChI=1S/C7H12N2O2/c1-7(6(8)11)4-5(10)2-3-9-7/h9H,2-4H2,1H3,(H2,8,11). The minimum Gasteiger partial charge on any atom is -0.368 e. The first-order chi connectivity index (χ1) is 5.04. The van der Waals surface area contributed by atoms with E-state index in [1.54, 1.807) is 6.92 Å². The van der Waals surface area contributed by atoms with Gasteiger partial charge in [0.15, 0.2) is 0 Å². The summed E-state index contributed by atoms with van der Waals surface area (Å²) in [6, 6.07) is 0. The number of piperidine rings is 1. The molecule has 0 spiro atoms. The highest BCUT2D eigenvalue weighted by molar-refractivity contribution is 5.92. The van der Waals surface area contributed by atoms with E-state index in [-0.39, 0.29) is 12.2 Å². The van der Waals surface area contributed by atoms with Crippen molar-refractivity contribution in [2.24, 2.45) is 5.73 Å². The summed E-state index contributed by atoms with van der Waals surface area (Å²) in [5.41, 5.74) is 4.30. The van der Waals surface area contributed by atoms with Crippen molar-refractivity contribution in [2.75, 3.05) is 6.54 Å². The Bertz CT molecular complexity index is 203. The van der Waals surface area contributed by atoms with Gasteiger partial charge in [-0.15, -0.1) is 0 Å². The number of carbonyl (C=O) groups excluding carboxylic acids is 2.